The van der Waals surface area contributed by atoms with Crippen LogP contribution in [-0.4, -0.2) is 31.8 Å². The number of nitrogens with one attached hydrogen (secondary N) is 2. The normalized spacial score (nSPS) is 10.6. The molecule has 0 fully saturated rings. The predicted molar refractivity (Wildman–Crippen MR) is 136 cm³/mol. The monoisotopic (exact) mass is 477 g/mol. The zero-order valence-corrected chi connectivity index (χ0v) is 19.8. The fourth-order valence-electron chi connectivity index (χ4n) is 3.53. The van der Waals surface area contributed by atoms with E-state index in [1.807, 2.05) is 49.4 Å². The molecule has 0 radical (unpaired) electrons. The highest BCUT2D eigenvalue weighted by Crippen LogP contribution is 2.33. The molecule has 0 saturated heterocycles. The average molecular weight is 478 g/mol. The van der Waals surface area contributed by atoms with Gasteiger partial charge < -0.3 is 24.8 Å². The van der Waals surface area contributed by atoms with Crippen molar-refractivity contribution in [3.63, 3.8) is 0 Å². The van der Waals surface area contributed by atoms with Crippen LogP contribution in [0.3, 0.4) is 0 Å². The van der Waals surface area contributed by atoms with E-state index in [-0.39, 0.29) is 0 Å². The number of benzene rings is 3. The molecule has 174 valence electrons. The van der Waals surface area contributed by atoms with E-state index in [1.54, 1.807) is 31.4 Å². The van der Waals surface area contributed by atoms with Crippen LogP contribution in [0.5, 0.6) is 17.2 Å². The average Bonchev–Trinajstić information content (AvgIpc) is 2.84. The van der Waals surface area contributed by atoms with E-state index in [0.717, 1.165) is 22.2 Å². The van der Waals surface area contributed by atoms with Gasteiger partial charge in [0.05, 0.1) is 37.7 Å². The first-order chi connectivity index (χ1) is 16.5. The molecule has 0 spiro atoms. The van der Waals surface area contributed by atoms with Crippen molar-refractivity contribution < 1.29 is 19.0 Å². The summed E-state index contributed by atoms with van der Waals surface area (Å²) in [7, 11) is 3.10. The van der Waals surface area contributed by atoms with E-state index in [2.05, 4.69) is 10.6 Å². The quantitative estimate of drug-likeness (QED) is 0.313. The molecular weight excluding hydrogens is 454 g/mol. The van der Waals surface area contributed by atoms with Crippen LogP contribution in [0.4, 0.5) is 16.2 Å². The fourth-order valence-corrected chi connectivity index (χ4v) is 3.72. The summed E-state index contributed by atoms with van der Waals surface area (Å²) in [6.07, 6.45) is 0. The second-order valence-electron chi connectivity index (χ2n) is 7.33. The molecule has 0 unspecified atom stereocenters. The van der Waals surface area contributed by atoms with Crippen molar-refractivity contribution in [2.45, 2.75) is 6.92 Å². The van der Waals surface area contributed by atoms with Gasteiger partial charge in [-0.05, 0) is 49.4 Å². The van der Waals surface area contributed by atoms with E-state index in [1.165, 1.54) is 7.11 Å². The number of nitrogens with zero attached hydrogens (tertiary/aromatic N) is 1. The number of hydrogen-bond donors (Lipinski definition) is 2. The van der Waals surface area contributed by atoms with Gasteiger partial charge in [-0.15, -0.1) is 0 Å². The number of methoxy groups -OCH3 is 2. The summed E-state index contributed by atoms with van der Waals surface area (Å²) in [5, 5.41) is 7.06. The van der Waals surface area contributed by atoms with Crippen molar-refractivity contribution in [3.05, 3.63) is 71.8 Å². The molecule has 0 saturated carbocycles. The van der Waals surface area contributed by atoms with Crippen molar-refractivity contribution in [2.24, 2.45) is 0 Å². The number of hydrogen-bond acceptors (Lipinski definition) is 5. The van der Waals surface area contributed by atoms with Crippen molar-refractivity contribution in [2.75, 3.05) is 31.5 Å². The van der Waals surface area contributed by atoms with E-state index >= 15 is 0 Å². The van der Waals surface area contributed by atoms with Crippen LogP contribution < -0.4 is 24.8 Å². The van der Waals surface area contributed by atoms with Gasteiger partial charge in [-0.2, -0.15) is 0 Å². The number of anilines is 2. The Hall–Kier alpha value is -3.97. The highest BCUT2D eigenvalue weighted by molar-refractivity contribution is 6.30. The summed E-state index contributed by atoms with van der Waals surface area (Å²) in [5.41, 5.74) is 3.50. The Balaban J connectivity index is 1.61. The Bertz CT molecular complexity index is 1340. The van der Waals surface area contributed by atoms with E-state index in [0.29, 0.717) is 40.3 Å². The lowest BCUT2D eigenvalue weighted by molar-refractivity contribution is 0.262. The molecule has 0 aliphatic rings. The molecule has 4 rings (SSSR count). The molecule has 7 nitrogen and oxygen atoms in total. The third-order valence-corrected chi connectivity index (χ3v) is 5.34. The second-order valence-corrected chi connectivity index (χ2v) is 7.76. The number of urea groups is 1. The van der Waals surface area contributed by atoms with Crippen LogP contribution in [0.15, 0.2) is 66.7 Å². The maximum Gasteiger partial charge on any atom is 0.323 e. The van der Waals surface area contributed by atoms with Crippen LogP contribution in [-0.2, 0) is 0 Å². The number of carbonyl (C=O) groups excluding carboxylic acids is 1. The Morgan fingerprint density at radius 2 is 1.79 bits per heavy atom. The highest BCUT2D eigenvalue weighted by Gasteiger charge is 2.13. The SMILES string of the molecule is CCOc1cc(-c2cccc(Cl)c2)nc2ccc(NC(=O)Nc3ccc(OC)cc3OC)cc12. The Kier molecular flexibility index (Phi) is 7.04. The van der Waals surface area contributed by atoms with Crippen molar-refractivity contribution >= 4 is 39.9 Å². The molecule has 0 bridgehead atoms. The minimum atomic E-state index is -0.413. The molecule has 0 aliphatic carbocycles. The maximum atomic E-state index is 12.7. The standard InChI is InChI=1S/C26H24ClN3O4/c1-4-34-24-15-23(16-6-5-7-17(27)12-16)29-21-10-8-18(13-20(21)24)28-26(31)30-22-11-9-19(32-2)14-25(22)33-3/h5-15H,4H2,1-3H3,(H2,28,30,31). The lowest BCUT2D eigenvalue weighted by Crippen LogP contribution is -2.19. The minimum absolute atomic E-state index is 0.413. The molecule has 4 aromatic rings. The fraction of sp³-hybridized carbons (Fsp3) is 0.154. The van der Waals surface area contributed by atoms with Gasteiger partial charge >= 0.3 is 6.03 Å². The largest absolute Gasteiger partial charge is 0.497 e. The summed E-state index contributed by atoms with van der Waals surface area (Å²) in [6, 6.07) is 19.6. The van der Waals surface area contributed by atoms with Gasteiger partial charge in [-0.1, -0.05) is 23.7 Å². The summed E-state index contributed by atoms with van der Waals surface area (Å²) in [6.45, 7) is 2.41. The Labute approximate surface area is 202 Å². The Morgan fingerprint density at radius 3 is 2.53 bits per heavy atom. The number of carbonyl (C=O) groups is 1. The van der Waals surface area contributed by atoms with Gasteiger partial charge in [-0.25, -0.2) is 9.78 Å². The maximum absolute atomic E-state index is 12.7. The number of pyridine rings is 1. The molecule has 0 atom stereocenters. The molecule has 2 N–H and O–H groups in total. The van der Waals surface area contributed by atoms with Crippen LogP contribution in [0.25, 0.3) is 22.2 Å². The number of amides is 2. The van der Waals surface area contributed by atoms with Gasteiger partial charge in [-0.3, -0.25) is 0 Å². The smallest absolute Gasteiger partial charge is 0.323 e. The molecule has 1 heterocycles. The third kappa shape index (κ3) is 5.15. The first-order valence-electron chi connectivity index (χ1n) is 10.6. The van der Waals surface area contributed by atoms with E-state index in [4.69, 9.17) is 30.8 Å². The third-order valence-electron chi connectivity index (χ3n) is 5.11. The molecule has 8 heteroatoms. The van der Waals surface area contributed by atoms with Crippen LogP contribution >= 0.6 is 11.6 Å². The zero-order chi connectivity index (χ0) is 24.1. The first kappa shape index (κ1) is 23.2. The topological polar surface area (TPSA) is 81.7 Å². The van der Waals surface area contributed by atoms with Gasteiger partial charge in [0.1, 0.15) is 17.2 Å². The summed E-state index contributed by atoms with van der Waals surface area (Å²) >= 11 is 6.16. The first-order valence-corrected chi connectivity index (χ1v) is 11.0. The lowest BCUT2D eigenvalue weighted by Gasteiger charge is -2.14. The summed E-state index contributed by atoms with van der Waals surface area (Å²) < 4.78 is 16.4. The lowest BCUT2D eigenvalue weighted by atomic mass is 10.1. The minimum Gasteiger partial charge on any atom is -0.497 e. The van der Waals surface area contributed by atoms with E-state index < -0.39 is 6.03 Å². The van der Waals surface area contributed by atoms with Crippen LogP contribution in [0.2, 0.25) is 5.02 Å². The molecule has 2 amide bonds. The molecule has 34 heavy (non-hydrogen) atoms. The van der Waals surface area contributed by atoms with Crippen molar-refractivity contribution in [3.8, 4) is 28.5 Å². The van der Waals surface area contributed by atoms with Gasteiger partial charge in [0, 0.05) is 33.8 Å². The predicted octanol–water partition coefficient (Wildman–Crippen LogP) is 6.62. The summed E-state index contributed by atoms with van der Waals surface area (Å²) in [4.78, 5) is 17.4. The number of fused-ring (bicyclic) bond motifs is 1. The Morgan fingerprint density at radius 1 is 0.941 bits per heavy atom. The van der Waals surface area contributed by atoms with Crippen molar-refractivity contribution in [1.29, 1.82) is 0 Å². The van der Waals surface area contributed by atoms with Crippen LogP contribution in [0.1, 0.15) is 6.92 Å². The summed E-state index contributed by atoms with van der Waals surface area (Å²) in [5.74, 6) is 1.79. The second kappa shape index (κ2) is 10.3. The molecule has 3 aromatic carbocycles. The number of ether oxygens (including phenoxy) is 3. The highest BCUT2D eigenvalue weighted by atomic mass is 35.5. The number of rotatable bonds is 7. The molecular formula is C26H24ClN3O4. The number of halogens is 1. The van der Waals surface area contributed by atoms with Gasteiger partial charge in [0.2, 0.25) is 0 Å². The van der Waals surface area contributed by atoms with E-state index in [9.17, 15) is 4.79 Å². The molecule has 0 aliphatic heterocycles. The van der Waals surface area contributed by atoms with Gasteiger partial charge in [0.25, 0.3) is 0 Å². The van der Waals surface area contributed by atoms with Crippen LogP contribution in [0, 0.1) is 0 Å². The number of aromatic nitrogens is 1. The van der Waals surface area contributed by atoms with Crippen molar-refractivity contribution in [1.82, 2.24) is 4.98 Å². The molecule has 1 aromatic heterocycles. The van der Waals surface area contributed by atoms with Gasteiger partial charge in [0.15, 0.2) is 0 Å². The zero-order valence-electron chi connectivity index (χ0n) is 19.0.